The molecule has 1 fully saturated rings. The molecule has 1 aromatic rings. The summed E-state index contributed by atoms with van der Waals surface area (Å²) in [5.74, 6) is 0.203. The van der Waals surface area contributed by atoms with Gasteiger partial charge < -0.3 is 4.90 Å². The van der Waals surface area contributed by atoms with E-state index in [1.807, 2.05) is 32.0 Å². The van der Waals surface area contributed by atoms with Crippen LogP contribution in [0.5, 0.6) is 0 Å². The van der Waals surface area contributed by atoms with Gasteiger partial charge in [0, 0.05) is 18.5 Å². The van der Waals surface area contributed by atoms with Gasteiger partial charge in [-0.1, -0.05) is 38.5 Å². The second-order valence-electron chi connectivity index (χ2n) is 7.67. The van der Waals surface area contributed by atoms with Gasteiger partial charge in [-0.15, -0.1) is 0 Å². The van der Waals surface area contributed by atoms with Crippen LogP contribution in [-0.4, -0.2) is 29.2 Å². The predicted molar refractivity (Wildman–Crippen MR) is 89.1 cm³/mol. The highest BCUT2D eigenvalue weighted by molar-refractivity contribution is 6.03. The van der Waals surface area contributed by atoms with Gasteiger partial charge >= 0.3 is 0 Å². The Hall–Kier alpha value is -1.64. The van der Waals surface area contributed by atoms with Gasteiger partial charge in [-0.3, -0.25) is 9.59 Å². The van der Waals surface area contributed by atoms with Gasteiger partial charge in [-0.2, -0.15) is 0 Å². The van der Waals surface area contributed by atoms with E-state index in [0.29, 0.717) is 13.0 Å². The third-order valence-corrected chi connectivity index (χ3v) is 4.22. The first-order chi connectivity index (χ1) is 10.2. The van der Waals surface area contributed by atoms with Gasteiger partial charge in [-0.25, -0.2) is 0 Å². The molecule has 120 valence electrons. The van der Waals surface area contributed by atoms with Crippen LogP contribution in [-0.2, 0) is 4.79 Å². The highest BCUT2D eigenvalue weighted by atomic mass is 16.2. The van der Waals surface area contributed by atoms with Crippen molar-refractivity contribution in [3.63, 3.8) is 0 Å². The van der Waals surface area contributed by atoms with Crippen molar-refractivity contribution in [2.24, 2.45) is 5.41 Å². The van der Waals surface area contributed by atoms with Crippen molar-refractivity contribution in [2.45, 2.75) is 59.9 Å². The number of nitrogens with zero attached hydrogens (tertiary/aromatic N) is 1. The van der Waals surface area contributed by atoms with Crippen LogP contribution in [0.25, 0.3) is 0 Å². The van der Waals surface area contributed by atoms with Gasteiger partial charge in [0.1, 0.15) is 0 Å². The van der Waals surface area contributed by atoms with Gasteiger partial charge in [0.15, 0.2) is 5.78 Å². The molecule has 0 bridgehead atoms. The molecule has 1 aromatic carbocycles. The quantitative estimate of drug-likeness (QED) is 0.794. The lowest BCUT2D eigenvalue weighted by atomic mass is 9.91. The molecule has 22 heavy (non-hydrogen) atoms. The smallest absolute Gasteiger partial charge is 0.223 e. The normalized spacial score (nSPS) is 18.6. The Bertz CT molecular complexity index is 584. The Balaban J connectivity index is 2.21. The maximum atomic E-state index is 12.9. The molecule has 1 heterocycles. The van der Waals surface area contributed by atoms with Crippen molar-refractivity contribution >= 4 is 11.7 Å². The van der Waals surface area contributed by atoms with Crippen LogP contribution in [0.4, 0.5) is 0 Å². The Morgan fingerprint density at radius 3 is 2.55 bits per heavy atom. The SMILES string of the molecule is Cc1ccc(C)c(C(=O)C2CCCN2C(=O)CC(C)(C)C)c1. The van der Waals surface area contributed by atoms with E-state index in [2.05, 4.69) is 20.8 Å². The monoisotopic (exact) mass is 301 g/mol. The van der Waals surface area contributed by atoms with Crippen LogP contribution in [0.2, 0.25) is 0 Å². The topological polar surface area (TPSA) is 37.4 Å². The summed E-state index contributed by atoms with van der Waals surface area (Å²) in [5, 5.41) is 0. The molecular weight excluding hydrogens is 274 g/mol. The second-order valence-corrected chi connectivity index (χ2v) is 7.67. The summed E-state index contributed by atoms with van der Waals surface area (Å²) in [4.78, 5) is 27.2. The van der Waals surface area contributed by atoms with E-state index in [9.17, 15) is 9.59 Å². The summed E-state index contributed by atoms with van der Waals surface area (Å²) in [7, 11) is 0. The van der Waals surface area contributed by atoms with Crippen molar-refractivity contribution in [1.82, 2.24) is 4.90 Å². The highest BCUT2D eigenvalue weighted by Gasteiger charge is 2.36. The number of benzene rings is 1. The summed E-state index contributed by atoms with van der Waals surface area (Å²) >= 11 is 0. The van der Waals surface area contributed by atoms with Crippen LogP contribution >= 0.6 is 0 Å². The van der Waals surface area contributed by atoms with Crippen LogP contribution in [0, 0.1) is 19.3 Å². The van der Waals surface area contributed by atoms with Gasteiger partial charge in [0.25, 0.3) is 0 Å². The van der Waals surface area contributed by atoms with Crippen molar-refractivity contribution in [3.8, 4) is 0 Å². The van der Waals surface area contributed by atoms with Crippen molar-refractivity contribution in [3.05, 3.63) is 34.9 Å². The zero-order valence-corrected chi connectivity index (χ0v) is 14.4. The number of likely N-dealkylation sites (tertiary alicyclic amines) is 1. The van der Waals surface area contributed by atoms with E-state index in [1.165, 1.54) is 0 Å². The van der Waals surface area contributed by atoms with Gasteiger partial charge in [0.2, 0.25) is 5.91 Å². The average Bonchev–Trinajstić information content (AvgIpc) is 2.88. The lowest BCUT2D eigenvalue weighted by Crippen LogP contribution is -2.42. The van der Waals surface area contributed by atoms with Crippen LogP contribution < -0.4 is 0 Å². The maximum Gasteiger partial charge on any atom is 0.223 e. The molecule has 0 radical (unpaired) electrons. The minimum Gasteiger partial charge on any atom is -0.332 e. The first-order valence-electron chi connectivity index (χ1n) is 8.10. The Labute approximate surface area is 133 Å². The second kappa shape index (κ2) is 6.23. The number of hydrogen-bond donors (Lipinski definition) is 0. The lowest BCUT2D eigenvalue weighted by Gasteiger charge is -2.27. The highest BCUT2D eigenvalue weighted by Crippen LogP contribution is 2.27. The van der Waals surface area contributed by atoms with Crippen LogP contribution in [0.1, 0.15) is 61.5 Å². The Morgan fingerprint density at radius 1 is 1.23 bits per heavy atom. The summed E-state index contributed by atoms with van der Waals surface area (Å²) in [6.07, 6.45) is 2.18. The number of carbonyl (C=O) groups is 2. The van der Waals surface area contributed by atoms with E-state index in [4.69, 9.17) is 0 Å². The number of rotatable bonds is 3. The van der Waals surface area contributed by atoms with Gasteiger partial charge in [-0.05, 0) is 43.7 Å². The molecule has 1 aliphatic rings. The third kappa shape index (κ3) is 3.76. The summed E-state index contributed by atoms with van der Waals surface area (Å²) in [6, 6.07) is 5.67. The molecule has 1 unspecified atom stereocenters. The minimum atomic E-state index is -0.282. The first-order valence-corrected chi connectivity index (χ1v) is 8.10. The first kappa shape index (κ1) is 16.7. The van der Waals surface area contributed by atoms with E-state index in [1.54, 1.807) is 4.90 Å². The maximum absolute atomic E-state index is 12.9. The molecule has 2 rings (SSSR count). The van der Waals surface area contributed by atoms with E-state index in [0.717, 1.165) is 29.5 Å². The number of amides is 1. The summed E-state index contributed by atoms with van der Waals surface area (Å²) in [6.45, 7) is 10.8. The van der Waals surface area contributed by atoms with E-state index < -0.39 is 0 Å². The average molecular weight is 301 g/mol. The largest absolute Gasteiger partial charge is 0.332 e. The molecule has 1 saturated heterocycles. The molecule has 0 N–H and O–H groups in total. The fourth-order valence-corrected chi connectivity index (χ4v) is 3.07. The fourth-order valence-electron chi connectivity index (χ4n) is 3.07. The molecule has 3 heteroatoms. The summed E-state index contributed by atoms with van der Waals surface area (Å²) < 4.78 is 0. The fraction of sp³-hybridized carbons (Fsp3) is 0.579. The lowest BCUT2D eigenvalue weighted by molar-refractivity contribution is -0.133. The van der Waals surface area contributed by atoms with Crippen molar-refractivity contribution in [1.29, 1.82) is 0 Å². The molecule has 0 aromatic heterocycles. The summed E-state index contributed by atoms with van der Waals surface area (Å²) in [5.41, 5.74) is 2.79. The number of ketones is 1. The predicted octanol–water partition coefficient (Wildman–Crippen LogP) is 3.91. The Morgan fingerprint density at radius 2 is 1.91 bits per heavy atom. The molecule has 1 aliphatic heterocycles. The van der Waals surface area contributed by atoms with Crippen LogP contribution in [0.3, 0.4) is 0 Å². The van der Waals surface area contributed by atoms with E-state index in [-0.39, 0.29) is 23.1 Å². The van der Waals surface area contributed by atoms with Crippen molar-refractivity contribution in [2.75, 3.05) is 6.54 Å². The third-order valence-electron chi connectivity index (χ3n) is 4.22. The van der Waals surface area contributed by atoms with Crippen LogP contribution in [0.15, 0.2) is 18.2 Å². The number of aryl methyl sites for hydroxylation is 2. The zero-order valence-electron chi connectivity index (χ0n) is 14.4. The molecule has 0 aliphatic carbocycles. The zero-order chi connectivity index (χ0) is 16.5. The number of hydrogen-bond acceptors (Lipinski definition) is 2. The molecular formula is C19H27NO2. The molecule has 1 amide bonds. The van der Waals surface area contributed by atoms with Gasteiger partial charge in [0.05, 0.1) is 6.04 Å². The Kier molecular flexibility index (Phi) is 4.74. The standard InChI is InChI=1S/C19H27NO2/c1-13-8-9-14(2)15(11-13)18(22)16-7-6-10-20(16)17(21)12-19(3,4)5/h8-9,11,16H,6-7,10,12H2,1-5H3. The molecule has 0 spiro atoms. The number of carbonyl (C=O) groups excluding carboxylic acids is 2. The van der Waals surface area contributed by atoms with E-state index >= 15 is 0 Å². The van der Waals surface area contributed by atoms with Crippen molar-refractivity contribution < 1.29 is 9.59 Å². The minimum absolute atomic E-state index is 0.0491. The molecule has 3 nitrogen and oxygen atoms in total. The number of Topliss-reactive ketones (excluding diaryl/α,β-unsaturated/α-hetero) is 1. The molecule has 1 atom stereocenters. The molecule has 0 saturated carbocycles.